The van der Waals surface area contributed by atoms with Crippen LogP contribution < -0.4 is 0 Å². The second-order valence-corrected chi connectivity index (χ2v) is 11.9. The Balaban J connectivity index is 1.23. The maximum atomic E-state index is 13.8. The first-order chi connectivity index (χ1) is 19.8. The molecular formula is C33H42N2O6. The van der Waals surface area contributed by atoms with E-state index in [0.717, 1.165) is 43.6 Å². The smallest absolute Gasteiger partial charge is 0.234 e. The van der Waals surface area contributed by atoms with Crippen molar-refractivity contribution >= 4 is 17.9 Å². The molecule has 3 N–H and O–H groups in total. The fourth-order valence-electron chi connectivity index (χ4n) is 7.07. The summed E-state index contributed by atoms with van der Waals surface area (Å²) >= 11 is 0. The summed E-state index contributed by atoms with van der Waals surface area (Å²) in [5.74, 6) is -0.830. The van der Waals surface area contributed by atoms with Gasteiger partial charge in [-0.3, -0.25) is 19.4 Å². The van der Waals surface area contributed by atoms with E-state index >= 15 is 0 Å². The number of rotatable bonds is 10. The third kappa shape index (κ3) is 6.26. The summed E-state index contributed by atoms with van der Waals surface area (Å²) in [5, 5.41) is 30.9. The van der Waals surface area contributed by atoms with Gasteiger partial charge in [0.25, 0.3) is 0 Å². The van der Waals surface area contributed by atoms with Crippen molar-refractivity contribution in [2.24, 2.45) is 17.8 Å². The molecule has 5 rings (SSSR count). The van der Waals surface area contributed by atoms with Gasteiger partial charge in [0.15, 0.2) is 0 Å². The molecule has 8 heteroatoms. The van der Waals surface area contributed by atoms with Crippen LogP contribution in [0.15, 0.2) is 63.6 Å². The number of benzene rings is 1. The Morgan fingerprint density at radius 1 is 1.07 bits per heavy atom. The van der Waals surface area contributed by atoms with E-state index < -0.39 is 23.9 Å². The number of carbonyl (C=O) groups is 2. The maximum Gasteiger partial charge on any atom is 0.234 e. The molecule has 2 fully saturated rings. The van der Waals surface area contributed by atoms with Crippen molar-refractivity contribution in [1.82, 2.24) is 9.80 Å². The quantitative estimate of drug-likeness (QED) is 0.297. The molecule has 4 atom stereocenters. The van der Waals surface area contributed by atoms with E-state index in [1.165, 1.54) is 10.5 Å². The molecule has 0 unspecified atom stereocenters. The van der Waals surface area contributed by atoms with Crippen LogP contribution in [0, 0.1) is 17.8 Å². The molecule has 0 bridgehead atoms. The average Bonchev–Trinajstić information content (AvgIpc) is 3.53. The molecule has 1 aromatic carbocycles. The predicted octanol–water partition coefficient (Wildman–Crippen LogP) is 3.91. The SMILES string of the molecule is CC1=C([C@H](O)CC/C(C)=C/c2ccc(CO)o2)[C@H](CO)[C@@H]2C(=O)N(C3CCN(Cc4ccccc4)CC3)C(=O)[C@@H]2C1. The van der Waals surface area contributed by atoms with Crippen LogP contribution in [0.25, 0.3) is 6.08 Å². The molecule has 41 heavy (non-hydrogen) atoms. The van der Waals surface area contributed by atoms with Gasteiger partial charge in [-0.1, -0.05) is 41.5 Å². The number of hydrogen-bond donors (Lipinski definition) is 3. The third-order valence-corrected chi connectivity index (χ3v) is 9.13. The molecule has 1 aromatic heterocycles. The fourth-order valence-corrected chi connectivity index (χ4v) is 7.07. The van der Waals surface area contributed by atoms with Gasteiger partial charge < -0.3 is 19.7 Å². The summed E-state index contributed by atoms with van der Waals surface area (Å²) in [6.45, 7) is 5.94. The summed E-state index contributed by atoms with van der Waals surface area (Å²) in [5.41, 5.74) is 3.88. The van der Waals surface area contributed by atoms with Gasteiger partial charge in [0.05, 0.1) is 24.5 Å². The highest BCUT2D eigenvalue weighted by Crippen LogP contribution is 2.47. The molecular weight excluding hydrogens is 520 g/mol. The van der Waals surface area contributed by atoms with Crippen molar-refractivity contribution in [3.05, 3.63) is 76.3 Å². The second kappa shape index (κ2) is 12.9. The van der Waals surface area contributed by atoms with Gasteiger partial charge in [0.2, 0.25) is 11.8 Å². The number of aliphatic hydroxyl groups is 3. The molecule has 1 aliphatic carbocycles. The minimum atomic E-state index is -0.820. The minimum absolute atomic E-state index is 0.118. The minimum Gasteiger partial charge on any atom is -0.459 e. The predicted molar refractivity (Wildman–Crippen MR) is 155 cm³/mol. The van der Waals surface area contributed by atoms with E-state index in [1.807, 2.05) is 38.1 Å². The lowest BCUT2D eigenvalue weighted by Gasteiger charge is -2.36. The number of allylic oxidation sites excluding steroid dienone is 2. The Hall–Kier alpha value is -3.04. The topological polar surface area (TPSA) is 114 Å². The van der Waals surface area contributed by atoms with E-state index in [-0.39, 0.29) is 31.1 Å². The Labute approximate surface area is 242 Å². The number of nitrogens with zero attached hydrogens (tertiary/aromatic N) is 2. The Morgan fingerprint density at radius 3 is 2.46 bits per heavy atom. The molecule has 220 valence electrons. The Kier molecular flexibility index (Phi) is 9.24. The zero-order valence-corrected chi connectivity index (χ0v) is 24.0. The van der Waals surface area contributed by atoms with E-state index in [4.69, 9.17) is 4.42 Å². The van der Waals surface area contributed by atoms with Crippen molar-refractivity contribution in [3.8, 4) is 0 Å². The number of carbonyl (C=O) groups excluding carboxylic acids is 2. The highest BCUT2D eigenvalue weighted by molar-refractivity contribution is 6.06. The third-order valence-electron chi connectivity index (χ3n) is 9.13. The number of fused-ring (bicyclic) bond motifs is 1. The normalized spacial score (nSPS) is 25.2. The molecule has 8 nitrogen and oxygen atoms in total. The van der Waals surface area contributed by atoms with E-state index in [2.05, 4.69) is 17.0 Å². The molecule has 0 radical (unpaired) electrons. The van der Waals surface area contributed by atoms with Crippen LogP contribution in [0.4, 0.5) is 0 Å². The number of imide groups is 1. The first-order valence-corrected chi connectivity index (χ1v) is 14.8. The van der Waals surface area contributed by atoms with E-state index in [1.54, 1.807) is 12.1 Å². The number of hydrogen-bond acceptors (Lipinski definition) is 7. The van der Waals surface area contributed by atoms with Crippen LogP contribution in [-0.2, 0) is 22.7 Å². The summed E-state index contributed by atoms with van der Waals surface area (Å²) in [4.78, 5) is 31.3. The first-order valence-electron chi connectivity index (χ1n) is 14.8. The van der Waals surface area contributed by atoms with Crippen molar-refractivity contribution in [1.29, 1.82) is 0 Å². The van der Waals surface area contributed by atoms with Gasteiger partial charge in [-0.2, -0.15) is 0 Å². The molecule has 3 heterocycles. The van der Waals surface area contributed by atoms with Crippen molar-refractivity contribution in [2.45, 2.75) is 71.2 Å². The zero-order valence-electron chi connectivity index (χ0n) is 24.0. The summed E-state index contributed by atoms with van der Waals surface area (Å²) in [7, 11) is 0. The Bertz CT molecular complexity index is 1290. The van der Waals surface area contributed by atoms with Crippen molar-refractivity contribution in [2.75, 3.05) is 19.7 Å². The molecule has 0 saturated carbocycles. The van der Waals surface area contributed by atoms with E-state index in [9.17, 15) is 24.9 Å². The fraction of sp³-hybridized carbons (Fsp3) is 0.515. The van der Waals surface area contributed by atoms with E-state index in [0.29, 0.717) is 36.4 Å². The van der Waals surface area contributed by atoms with Crippen molar-refractivity contribution < 1.29 is 29.3 Å². The lowest BCUT2D eigenvalue weighted by atomic mass is 9.68. The lowest BCUT2D eigenvalue weighted by Crippen LogP contribution is -2.47. The maximum absolute atomic E-state index is 13.8. The largest absolute Gasteiger partial charge is 0.459 e. The molecule has 2 saturated heterocycles. The van der Waals surface area contributed by atoms with Gasteiger partial charge in [0.1, 0.15) is 18.1 Å². The van der Waals surface area contributed by atoms with Gasteiger partial charge >= 0.3 is 0 Å². The lowest BCUT2D eigenvalue weighted by molar-refractivity contribution is -0.144. The zero-order chi connectivity index (χ0) is 29.1. The highest BCUT2D eigenvalue weighted by atomic mass is 16.4. The van der Waals surface area contributed by atoms with Crippen LogP contribution in [-0.4, -0.2) is 68.8 Å². The number of furan rings is 1. The van der Waals surface area contributed by atoms with Crippen LogP contribution in [0.2, 0.25) is 0 Å². The summed E-state index contributed by atoms with van der Waals surface area (Å²) < 4.78 is 5.53. The molecule has 2 amide bonds. The monoisotopic (exact) mass is 562 g/mol. The van der Waals surface area contributed by atoms with Crippen LogP contribution in [0.1, 0.15) is 63.0 Å². The number of likely N-dealkylation sites (tertiary alicyclic amines) is 2. The van der Waals surface area contributed by atoms with Gasteiger partial charge in [0, 0.05) is 31.6 Å². The van der Waals surface area contributed by atoms with Crippen LogP contribution in [0.3, 0.4) is 0 Å². The van der Waals surface area contributed by atoms with Crippen LogP contribution >= 0.6 is 0 Å². The molecule has 3 aliphatic rings. The summed E-state index contributed by atoms with van der Waals surface area (Å²) in [6, 6.07) is 13.7. The van der Waals surface area contributed by atoms with Gasteiger partial charge in [-0.05, 0) is 75.3 Å². The molecule has 2 aliphatic heterocycles. The number of aliphatic hydroxyl groups excluding tert-OH is 3. The van der Waals surface area contributed by atoms with Gasteiger partial charge in [-0.25, -0.2) is 0 Å². The number of piperidine rings is 1. The van der Waals surface area contributed by atoms with Gasteiger partial charge in [-0.15, -0.1) is 0 Å². The summed E-state index contributed by atoms with van der Waals surface area (Å²) in [6.07, 6.45) is 4.02. The standard InChI is InChI=1S/C33H42N2O6/c1-21(16-25-9-10-26(19-36)41-25)8-11-29(38)30-22(2)17-27-31(28(30)20-37)33(40)35(32(27)39)24-12-14-34(15-13-24)18-23-6-4-3-5-7-23/h3-7,9-10,16,24,27-29,31,36-38H,8,11-15,17-20H2,1-2H3/b21-16+/t27-,28+,29-,31-/m1/s1. The number of amides is 2. The molecule has 0 spiro atoms. The second-order valence-electron chi connectivity index (χ2n) is 11.9. The first kappa shape index (κ1) is 29.5. The average molecular weight is 563 g/mol. The van der Waals surface area contributed by atoms with Crippen molar-refractivity contribution in [3.63, 3.8) is 0 Å². The highest BCUT2D eigenvalue weighted by Gasteiger charge is 2.56. The Morgan fingerprint density at radius 2 is 1.80 bits per heavy atom. The molecule has 2 aromatic rings. The van der Waals surface area contributed by atoms with Crippen LogP contribution in [0.5, 0.6) is 0 Å².